The van der Waals surface area contributed by atoms with Gasteiger partial charge in [0.2, 0.25) is 0 Å². The number of halogens is 4. The molecule has 0 aromatic carbocycles. The zero-order chi connectivity index (χ0) is 13.1. The lowest BCUT2D eigenvalue weighted by Gasteiger charge is -2.13. The van der Waals surface area contributed by atoms with E-state index >= 15 is 0 Å². The molecule has 4 nitrogen and oxygen atoms in total. The van der Waals surface area contributed by atoms with E-state index in [1.54, 1.807) is 6.92 Å². The average Bonchev–Trinajstić information content (AvgIpc) is 2.24. The van der Waals surface area contributed by atoms with Crippen LogP contribution in [-0.2, 0) is 0 Å². The minimum Gasteiger partial charge on any atom is -0.491 e. The number of hydrogen-bond acceptors (Lipinski definition) is 4. The Kier molecular flexibility index (Phi) is 6.20. The van der Waals surface area contributed by atoms with Gasteiger partial charge in [-0.05, 0) is 18.6 Å². The fraction of sp³-hybridized carbons (Fsp3) is 0.500. The summed E-state index contributed by atoms with van der Waals surface area (Å²) < 4.78 is 45.3. The molecule has 0 aliphatic carbocycles. The maximum atomic E-state index is 12.0. The van der Waals surface area contributed by atoms with Gasteiger partial charge < -0.3 is 15.2 Å². The number of alkyl halides is 3. The van der Waals surface area contributed by atoms with E-state index in [2.05, 4.69) is 9.72 Å². The summed E-state index contributed by atoms with van der Waals surface area (Å²) in [4.78, 5) is 3.75. The van der Waals surface area contributed by atoms with Gasteiger partial charge in [0.15, 0.2) is 12.4 Å². The Morgan fingerprint density at radius 2 is 2.06 bits per heavy atom. The molecule has 0 fully saturated rings. The largest absolute Gasteiger partial charge is 0.491 e. The first-order valence-electron chi connectivity index (χ1n) is 4.82. The molecular formula is C10H14ClF3N2O2. The molecule has 0 aliphatic rings. The normalized spacial score (nSPS) is 12.6. The Hall–Kier alpha value is -1.21. The van der Waals surface area contributed by atoms with Gasteiger partial charge in [-0.3, -0.25) is 0 Å². The molecule has 2 N–H and O–H groups in total. The summed E-state index contributed by atoms with van der Waals surface area (Å²) in [5.41, 5.74) is 6.27. The second kappa shape index (κ2) is 6.65. The van der Waals surface area contributed by atoms with E-state index in [1.807, 2.05) is 0 Å². The summed E-state index contributed by atoms with van der Waals surface area (Å²) in [7, 11) is 1.32. The van der Waals surface area contributed by atoms with Crippen LogP contribution in [0.4, 0.5) is 13.2 Å². The molecule has 1 atom stereocenters. The number of methoxy groups -OCH3 is 1. The van der Waals surface area contributed by atoms with E-state index in [4.69, 9.17) is 10.5 Å². The first kappa shape index (κ1) is 16.8. The molecule has 0 amide bonds. The van der Waals surface area contributed by atoms with E-state index in [9.17, 15) is 13.2 Å². The lowest BCUT2D eigenvalue weighted by molar-refractivity contribution is -0.154. The second-order valence-corrected chi connectivity index (χ2v) is 3.47. The van der Waals surface area contributed by atoms with E-state index in [1.165, 1.54) is 19.4 Å². The van der Waals surface area contributed by atoms with Gasteiger partial charge in [-0.15, -0.1) is 12.4 Å². The molecule has 1 heterocycles. The molecule has 0 bridgehead atoms. The molecule has 0 saturated heterocycles. The second-order valence-electron chi connectivity index (χ2n) is 3.47. The number of hydrogen-bond donors (Lipinski definition) is 1. The standard InChI is InChI=1S/C10H13F3N2O2.ClH/c1-6(14)7-3-8(16-2)9(15-4-7)17-5-10(11,12)13;/h3-4,6H,5,14H2,1-2H3;1H. The van der Waals surface area contributed by atoms with Crippen molar-refractivity contribution in [1.29, 1.82) is 0 Å². The van der Waals surface area contributed by atoms with Crippen molar-refractivity contribution in [2.75, 3.05) is 13.7 Å². The Morgan fingerprint density at radius 1 is 1.44 bits per heavy atom. The molecule has 8 heteroatoms. The third-order valence-corrected chi connectivity index (χ3v) is 1.96. The third kappa shape index (κ3) is 4.97. The first-order valence-corrected chi connectivity index (χ1v) is 4.82. The van der Waals surface area contributed by atoms with Crippen molar-refractivity contribution < 1.29 is 22.6 Å². The van der Waals surface area contributed by atoms with Crippen LogP contribution in [0.1, 0.15) is 18.5 Å². The number of aromatic nitrogens is 1. The summed E-state index contributed by atoms with van der Waals surface area (Å²) in [6.45, 7) is 0.320. The van der Waals surface area contributed by atoms with Crippen LogP contribution in [0.2, 0.25) is 0 Å². The van der Waals surface area contributed by atoms with Gasteiger partial charge in [0.05, 0.1) is 7.11 Å². The van der Waals surface area contributed by atoms with Gasteiger partial charge in [-0.1, -0.05) is 0 Å². The highest BCUT2D eigenvalue weighted by Crippen LogP contribution is 2.28. The lowest BCUT2D eigenvalue weighted by Crippen LogP contribution is -2.20. The maximum absolute atomic E-state index is 12.0. The number of nitrogens with zero attached hydrogens (tertiary/aromatic N) is 1. The molecule has 104 valence electrons. The van der Waals surface area contributed by atoms with Crippen LogP contribution < -0.4 is 15.2 Å². The summed E-state index contributed by atoms with van der Waals surface area (Å²) >= 11 is 0. The van der Waals surface area contributed by atoms with Crippen molar-refractivity contribution in [2.45, 2.75) is 19.1 Å². The molecular weight excluding hydrogens is 273 g/mol. The van der Waals surface area contributed by atoms with Gasteiger partial charge in [0.1, 0.15) is 0 Å². The van der Waals surface area contributed by atoms with Crippen molar-refractivity contribution in [3.05, 3.63) is 17.8 Å². The SMILES string of the molecule is COc1cc(C(C)N)cnc1OCC(F)(F)F.Cl. The molecule has 1 aromatic heterocycles. The molecule has 1 rings (SSSR count). The summed E-state index contributed by atoms with van der Waals surface area (Å²) in [5, 5.41) is 0. The first-order chi connectivity index (χ1) is 7.83. The van der Waals surface area contributed by atoms with Crippen molar-refractivity contribution in [3.8, 4) is 11.6 Å². The van der Waals surface area contributed by atoms with Gasteiger partial charge in [-0.2, -0.15) is 13.2 Å². The van der Waals surface area contributed by atoms with Gasteiger partial charge in [0.25, 0.3) is 5.88 Å². The van der Waals surface area contributed by atoms with Gasteiger partial charge in [-0.25, -0.2) is 4.98 Å². The quantitative estimate of drug-likeness (QED) is 0.924. The van der Waals surface area contributed by atoms with E-state index in [-0.39, 0.29) is 30.1 Å². The monoisotopic (exact) mass is 286 g/mol. The van der Waals surface area contributed by atoms with Gasteiger partial charge >= 0.3 is 6.18 Å². The third-order valence-electron chi connectivity index (χ3n) is 1.96. The molecule has 0 radical (unpaired) electrons. The van der Waals surface area contributed by atoms with Gasteiger partial charge in [0, 0.05) is 12.2 Å². The zero-order valence-corrected chi connectivity index (χ0v) is 10.6. The van der Waals surface area contributed by atoms with E-state index in [0.29, 0.717) is 5.56 Å². The van der Waals surface area contributed by atoms with Crippen LogP contribution in [0.25, 0.3) is 0 Å². The van der Waals surface area contributed by atoms with E-state index < -0.39 is 12.8 Å². The number of rotatable bonds is 4. The Balaban J connectivity index is 0.00000289. The molecule has 1 aromatic rings. The van der Waals surface area contributed by atoms with Crippen LogP contribution in [0.3, 0.4) is 0 Å². The summed E-state index contributed by atoms with van der Waals surface area (Å²) in [6, 6.07) is 1.22. The minimum atomic E-state index is -4.41. The highest BCUT2D eigenvalue weighted by Gasteiger charge is 2.29. The van der Waals surface area contributed by atoms with E-state index in [0.717, 1.165) is 0 Å². The lowest BCUT2D eigenvalue weighted by atomic mass is 10.1. The fourth-order valence-electron chi connectivity index (χ4n) is 1.10. The Bertz CT molecular complexity index is 386. The molecule has 0 spiro atoms. The molecule has 0 saturated carbocycles. The topological polar surface area (TPSA) is 57.4 Å². The zero-order valence-electron chi connectivity index (χ0n) is 9.82. The minimum absolute atomic E-state index is 0. The Labute approximate surface area is 109 Å². The summed E-state index contributed by atoms with van der Waals surface area (Å²) in [5.74, 6) is -0.0710. The molecule has 1 unspecified atom stereocenters. The number of ether oxygens (including phenoxy) is 2. The average molecular weight is 287 g/mol. The predicted molar refractivity (Wildman–Crippen MR) is 62.2 cm³/mol. The molecule has 18 heavy (non-hydrogen) atoms. The van der Waals surface area contributed by atoms with Crippen LogP contribution in [0.15, 0.2) is 12.3 Å². The van der Waals surface area contributed by atoms with Crippen LogP contribution in [0, 0.1) is 0 Å². The van der Waals surface area contributed by atoms with Crippen LogP contribution in [0.5, 0.6) is 11.6 Å². The van der Waals surface area contributed by atoms with Crippen molar-refractivity contribution in [2.24, 2.45) is 5.73 Å². The smallest absolute Gasteiger partial charge is 0.422 e. The molecule has 0 aliphatic heterocycles. The predicted octanol–water partition coefficient (Wildman–Crippen LogP) is 2.47. The van der Waals surface area contributed by atoms with Crippen LogP contribution in [-0.4, -0.2) is 24.9 Å². The number of pyridine rings is 1. The van der Waals surface area contributed by atoms with Crippen molar-refractivity contribution in [1.82, 2.24) is 4.98 Å². The highest BCUT2D eigenvalue weighted by molar-refractivity contribution is 5.85. The van der Waals surface area contributed by atoms with Crippen molar-refractivity contribution >= 4 is 12.4 Å². The highest BCUT2D eigenvalue weighted by atomic mass is 35.5. The fourth-order valence-corrected chi connectivity index (χ4v) is 1.10. The van der Waals surface area contributed by atoms with Crippen LogP contribution >= 0.6 is 12.4 Å². The summed E-state index contributed by atoms with van der Waals surface area (Å²) in [6.07, 6.45) is -3.05. The van der Waals surface area contributed by atoms with Crippen molar-refractivity contribution in [3.63, 3.8) is 0 Å². The maximum Gasteiger partial charge on any atom is 0.422 e. The Morgan fingerprint density at radius 3 is 2.50 bits per heavy atom. The number of nitrogens with two attached hydrogens (primary N) is 1.